The minimum absolute atomic E-state index is 0.135. The molecule has 5 heteroatoms. The summed E-state index contributed by atoms with van der Waals surface area (Å²) in [5, 5.41) is 1.16. The second-order valence-electron chi connectivity index (χ2n) is 7.23. The van der Waals surface area contributed by atoms with Crippen LogP contribution in [-0.2, 0) is 6.54 Å². The lowest BCUT2D eigenvalue weighted by molar-refractivity contribution is 0.166. The van der Waals surface area contributed by atoms with E-state index in [1.165, 1.54) is 0 Å². The lowest BCUT2D eigenvalue weighted by Crippen LogP contribution is -2.38. The van der Waals surface area contributed by atoms with Crippen LogP contribution in [-0.4, -0.2) is 27.5 Å². The van der Waals surface area contributed by atoms with E-state index < -0.39 is 0 Å². The molecule has 0 aliphatic carbocycles. The third kappa shape index (κ3) is 3.04. The number of fused-ring (bicyclic) bond motifs is 2. The molecule has 1 atom stereocenters. The van der Waals surface area contributed by atoms with Crippen LogP contribution in [0.3, 0.4) is 0 Å². The zero-order valence-electron chi connectivity index (χ0n) is 15.0. The first-order valence-corrected chi connectivity index (χ1v) is 9.45. The fourth-order valence-electron chi connectivity index (χ4n) is 4.14. The van der Waals surface area contributed by atoms with Gasteiger partial charge in [0.05, 0.1) is 22.8 Å². The van der Waals surface area contributed by atoms with Crippen LogP contribution in [0.25, 0.3) is 22.0 Å². The third-order valence-corrected chi connectivity index (χ3v) is 5.41. The summed E-state index contributed by atoms with van der Waals surface area (Å²) in [4.78, 5) is 19.6. The molecule has 1 saturated heterocycles. The van der Waals surface area contributed by atoms with Crippen molar-refractivity contribution in [1.82, 2.24) is 14.5 Å². The number of piperidine rings is 1. The summed E-state index contributed by atoms with van der Waals surface area (Å²) in [6.45, 7) is 2.65. The number of benzene rings is 2. The monoisotopic (exact) mass is 359 g/mol. The fraction of sp³-hybridized carbons (Fsp3) is 0.273. The van der Waals surface area contributed by atoms with Gasteiger partial charge in [-0.25, -0.2) is 4.79 Å². The number of para-hydroxylation sites is 3. The van der Waals surface area contributed by atoms with Crippen molar-refractivity contribution in [3.63, 3.8) is 0 Å². The van der Waals surface area contributed by atoms with E-state index in [-0.39, 0.29) is 11.8 Å². The zero-order valence-corrected chi connectivity index (χ0v) is 15.0. The van der Waals surface area contributed by atoms with Gasteiger partial charge in [-0.1, -0.05) is 36.4 Å². The molecule has 0 spiro atoms. The Kier molecular flexibility index (Phi) is 4.02. The Hall–Kier alpha value is -2.92. The highest BCUT2D eigenvalue weighted by Crippen LogP contribution is 2.25. The van der Waals surface area contributed by atoms with Crippen molar-refractivity contribution >= 4 is 22.0 Å². The maximum absolute atomic E-state index is 12.4. The summed E-state index contributed by atoms with van der Waals surface area (Å²) in [5.74, 6) is -0.258. The van der Waals surface area contributed by atoms with Crippen molar-refractivity contribution in [2.24, 2.45) is 0 Å². The van der Waals surface area contributed by atoms with E-state index >= 15 is 0 Å². The van der Waals surface area contributed by atoms with Crippen molar-refractivity contribution in [3.8, 4) is 0 Å². The molecule has 1 aliphatic rings. The van der Waals surface area contributed by atoms with Crippen molar-refractivity contribution in [2.75, 3.05) is 13.1 Å². The van der Waals surface area contributed by atoms with Gasteiger partial charge < -0.3 is 4.42 Å². The first-order valence-electron chi connectivity index (χ1n) is 9.45. The minimum Gasteiger partial charge on any atom is -0.408 e. The van der Waals surface area contributed by atoms with Gasteiger partial charge in [0.2, 0.25) is 0 Å². The van der Waals surface area contributed by atoms with Gasteiger partial charge in [-0.3, -0.25) is 14.5 Å². The van der Waals surface area contributed by atoms with Gasteiger partial charge in [0.1, 0.15) is 0 Å². The van der Waals surface area contributed by atoms with Crippen LogP contribution in [0.5, 0.6) is 0 Å². The Morgan fingerprint density at radius 1 is 1.04 bits per heavy atom. The summed E-state index contributed by atoms with van der Waals surface area (Å²) < 4.78 is 7.26. The quantitative estimate of drug-likeness (QED) is 0.555. The topological polar surface area (TPSA) is 51.3 Å². The van der Waals surface area contributed by atoms with Crippen LogP contribution in [0, 0.1) is 0 Å². The van der Waals surface area contributed by atoms with Crippen LogP contribution in [0.15, 0.2) is 69.9 Å². The summed E-state index contributed by atoms with van der Waals surface area (Å²) in [6.07, 6.45) is 2.05. The smallest absolute Gasteiger partial charge is 0.408 e. The molecule has 1 unspecified atom stereocenters. The van der Waals surface area contributed by atoms with Crippen LogP contribution >= 0.6 is 0 Å². The lowest BCUT2D eigenvalue weighted by atomic mass is 10.0. The number of likely N-dealkylation sites (tertiary alicyclic amines) is 1. The van der Waals surface area contributed by atoms with Gasteiger partial charge in [0, 0.05) is 18.5 Å². The maximum Gasteiger partial charge on any atom is 0.420 e. The van der Waals surface area contributed by atoms with Gasteiger partial charge in [-0.05, 0) is 43.7 Å². The summed E-state index contributed by atoms with van der Waals surface area (Å²) in [7, 11) is 0. The van der Waals surface area contributed by atoms with E-state index in [2.05, 4.69) is 29.2 Å². The fourth-order valence-corrected chi connectivity index (χ4v) is 4.14. The molecule has 27 heavy (non-hydrogen) atoms. The normalized spacial score (nSPS) is 18.3. The van der Waals surface area contributed by atoms with Gasteiger partial charge >= 0.3 is 5.76 Å². The van der Waals surface area contributed by atoms with Gasteiger partial charge in [0.15, 0.2) is 5.58 Å². The molecule has 2 aromatic carbocycles. The van der Waals surface area contributed by atoms with E-state index in [4.69, 9.17) is 9.40 Å². The van der Waals surface area contributed by atoms with E-state index in [1.807, 2.05) is 41.0 Å². The van der Waals surface area contributed by atoms with Crippen LogP contribution < -0.4 is 5.76 Å². The first-order chi connectivity index (χ1) is 13.3. The molecule has 5 nitrogen and oxygen atoms in total. The van der Waals surface area contributed by atoms with E-state index in [0.717, 1.165) is 54.6 Å². The number of pyridine rings is 1. The van der Waals surface area contributed by atoms with Crippen LogP contribution in [0.1, 0.15) is 24.6 Å². The van der Waals surface area contributed by atoms with Crippen molar-refractivity contribution in [3.05, 3.63) is 76.9 Å². The SMILES string of the molecule is O=c1oc2ccccc2n1C1CCCN(Cc2ccc3ccccc3n2)C1. The molecule has 4 aromatic rings. The number of hydrogen-bond acceptors (Lipinski definition) is 4. The van der Waals surface area contributed by atoms with Gasteiger partial charge in [-0.2, -0.15) is 0 Å². The van der Waals surface area contributed by atoms with E-state index in [9.17, 15) is 4.79 Å². The largest absolute Gasteiger partial charge is 0.420 e. The molecule has 1 aliphatic heterocycles. The predicted octanol–water partition coefficient (Wildman–Crippen LogP) is 3.98. The molecule has 136 valence electrons. The van der Waals surface area contributed by atoms with E-state index in [1.54, 1.807) is 0 Å². The van der Waals surface area contributed by atoms with Crippen LogP contribution in [0.2, 0.25) is 0 Å². The van der Waals surface area contributed by atoms with Gasteiger partial charge in [0.25, 0.3) is 0 Å². The predicted molar refractivity (Wildman–Crippen MR) is 106 cm³/mol. The van der Waals surface area contributed by atoms with Gasteiger partial charge in [-0.15, -0.1) is 0 Å². The number of nitrogens with zero attached hydrogens (tertiary/aromatic N) is 3. The molecule has 0 amide bonds. The number of aromatic nitrogens is 2. The molecule has 2 aromatic heterocycles. The molecule has 1 fully saturated rings. The second-order valence-corrected chi connectivity index (χ2v) is 7.23. The standard InChI is InChI=1S/C22H21N3O2/c26-22-25(20-9-3-4-10-21(20)27-22)18-7-5-13-24(15-18)14-17-12-11-16-6-1-2-8-19(16)23-17/h1-4,6,8-12,18H,5,7,13-15H2. The lowest BCUT2D eigenvalue weighted by Gasteiger charge is -2.32. The molecule has 0 N–H and O–H groups in total. The molecular formula is C22H21N3O2. The van der Waals surface area contributed by atoms with Crippen molar-refractivity contribution in [2.45, 2.75) is 25.4 Å². The Balaban J connectivity index is 1.40. The molecule has 3 heterocycles. The minimum atomic E-state index is -0.258. The Labute approximate surface area is 156 Å². The summed E-state index contributed by atoms with van der Waals surface area (Å²) in [5.41, 5.74) is 3.65. The number of rotatable bonds is 3. The van der Waals surface area contributed by atoms with Crippen molar-refractivity contribution < 1.29 is 4.42 Å². The Morgan fingerprint density at radius 2 is 1.89 bits per heavy atom. The highest BCUT2D eigenvalue weighted by Gasteiger charge is 2.25. The molecular weight excluding hydrogens is 338 g/mol. The highest BCUT2D eigenvalue weighted by molar-refractivity contribution is 5.78. The Morgan fingerprint density at radius 3 is 2.85 bits per heavy atom. The number of oxazole rings is 1. The first kappa shape index (κ1) is 16.3. The zero-order chi connectivity index (χ0) is 18.2. The van der Waals surface area contributed by atoms with Crippen molar-refractivity contribution in [1.29, 1.82) is 0 Å². The summed E-state index contributed by atoms with van der Waals surface area (Å²) >= 11 is 0. The summed E-state index contributed by atoms with van der Waals surface area (Å²) in [6, 6.07) is 20.2. The Bertz CT molecular complexity index is 1160. The average Bonchev–Trinajstić information content (AvgIpc) is 3.04. The molecule has 0 saturated carbocycles. The molecule has 5 rings (SSSR count). The molecule has 0 bridgehead atoms. The van der Waals surface area contributed by atoms with E-state index in [0.29, 0.717) is 5.58 Å². The number of hydrogen-bond donors (Lipinski definition) is 0. The maximum atomic E-state index is 12.4. The third-order valence-electron chi connectivity index (χ3n) is 5.41. The van der Waals surface area contributed by atoms with Crippen LogP contribution in [0.4, 0.5) is 0 Å². The highest BCUT2D eigenvalue weighted by atomic mass is 16.4. The second kappa shape index (κ2) is 6.67. The molecule has 0 radical (unpaired) electrons. The average molecular weight is 359 g/mol.